The second-order valence-corrected chi connectivity index (χ2v) is 8.58. The Labute approximate surface area is 135 Å². The van der Waals surface area contributed by atoms with Crippen molar-refractivity contribution in [1.29, 1.82) is 0 Å². The zero-order chi connectivity index (χ0) is 14.9. The fourth-order valence-electron chi connectivity index (χ4n) is 5.61. The van der Waals surface area contributed by atoms with Crippen LogP contribution in [0.25, 0.3) is 10.8 Å². The highest BCUT2D eigenvalue weighted by atomic mass is 32.2. The summed E-state index contributed by atoms with van der Waals surface area (Å²) in [5.74, 6) is 1.02. The number of thioether (sulfide) groups is 1. The summed E-state index contributed by atoms with van der Waals surface area (Å²) in [6.45, 7) is 2.31. The van der Waals surface area contributed by atoms with Crippen molar-refractivity contribution in [3.05, 3.63) is 42.0 Å². The van der Waals surface area contributed by atoms with Crippen molar-refractivity contribution >= 4 is 28.3 Å². The molecular weight excluding hydrogens is 288 g/mol. The van der Waals surface area contributed by atoms with E-state index in [1.165, 1.54) is 40.5 Å². The molecule has 112 valence electrons. The van der Waals surface area contributed by atoms with Gasteiger partial charge in [-0.2, -0.15) is 0 Å². The topological polar surface area (TPSA) is 17.1 Å². The first-order chi connectivity index (χ1) is 10.7. The quantitative estimate of drug-likeness (QED) is 0.673. The standard InChI is InChI=1S/C20H20OS/c1-13-10-12-19-11-4-7-17(21)20(13,19)22-16-9-8-14-5-2-3-6-15(14)18(16)19/h2-3,5-6,8-9,13H,4,7,10-12H2,1H3/t13-,19+,20-/m1/s1. The third-order valence-corrected chi connectivity index (χ3v) is 8.37. The van der Waals surface area contributed by atoms with Gasteiger partial charge < -0.3 is 0 Å². The second kappa shape index (κ2) is 4.17. The van der Waals surface area contributed by atoms with E-state index in [1.54, 1.807) is 0 Å². The van der Waals surface area contributed by atoms with Gasteiger partial charge in [0.05, 0.1) is 4.75 Å². The molecule has 2 saturated carbocycles. The van der Waals surface area contributed by atoms with Crippen molar-refractivity contribution in [1.82, 2.24) is 0 Å². The van der Waals surface area contributed by atoms with Crippen LogP contribution in [0, 0.1) is 5.92 Å². The normalized spacial score (nSPS) is 36.2. The molecule has 1 aliphatic heterocycles. The Morgan fingerprint density at radius 1 is 1.14 bits per heavy atom. The number of rotatable bonds is 0. The Bertz CT molecular complexity index is 806. The molecule has 0 aromatic heterocycles. The highest BCUT2D eigenvalue weighted by molar-refractivity contribution is 8.02. The first-order valence-corrected chi connectivity index (χ1v) is 9.25. The highest BCUT2D eigenvalue weighted by Gasteiger charge is 2.68. The average Bonchev–Trinajstić information content (AvgIpc) is 3.00. The molecule has 0 saturated heterocycles. The summed E-state index contributed by atoms with van der Waals surface area (Å²) in [4.78, 5) is 14.4. The van der Waals surface area contributed by atoms with Crippen LogP contribution in [0.2, 0.25) is 0 Å². The maximum atomic E-state index is 13.1. The van der Waals surface area contributed by atoms with Gasteiger partial charge >= 0.3 is 0 Å². The zero-order valence-corrected chi connectivity index (χ0v) is 13.7. The van der Waals surface area contributed by atoms with Crippen LogP contribution in [0.3, 0.4) is 0 Å². The third-order valence-electron chi connectivity index (χ3n) is 6.47. The SMILES string of the molecule is C[C@@H]1CC[C@]23CCCC(=O)[C@]12Sc1ccc2ccccc2c13. The van der Waals surface area contributed by atoms with Gasteiger partial charge in [-0.05, 0) is 54.0 Å². The minimum atomic E-state index is -0.169. The van der Waals surface area contributed by atoms with Crippen LogP contribution >= 0.6 is 11.8 Å². The molecule has 0 unspecified atom stereocenters. The van der Waals surface area contributed by atoms with Crippen LogP contribution < -0.4 is 0 Å². The van der Waals surface area contributed by atoms with E-state index in [-0.39, 0.29) is 10.2 Å². The Hall–Kier alpha value is -1.28. The molecule has 2 heteroatoms. The first kappa shape index (κ1) is 13.2. The molecular formula is C20H20OS. The van der Waals surface area contributed by atoms with E-state index in [9.17, 15) is 4.79 Å². The summed E-state index contributed by atoms with van der Waals surface area (Å²) in [5.41, 5.74) is 1.61. The number of hydrogen-bond donors (Lipinski definition) is 0. The van der Waals surface area contributed by atoms with Gasteiger partial charge in [0, 0.05) is 16.7 Å². The number of carbonyl (C=O) groups excluding carboxylic acids is 1. The molecule has 0 spiro atoms. The predicted molar refractivity (Wildman–Crippen MR) is 91.5 cm³/mol. The summed E-state index contributed by atoms with van der Waals surface area (Å²) in [6, 6.07) is 13.2. The Kier molecular flexibility index (Phi) is 2.50. The summed E-state index contributed by atoms with van der Waals surface area (Å²) in [6.07, 6.45) is 5.42. The van der Waals surface area contributed by atoms with Gasteiger partial charge in [-0.25, -0.2) is 0 Å². The largest absolute Gasteiger partial charge is 0.298 e. The van der Waals surface area contributed by atoms with Gasteiger partial charge in [-0.3, -0.25) is 4.79 Å². The lowest BCUT2D eigenvalue weighted by molar-refractivity contribution is -0.125. The monoisotopic (exact) mass is 308 g/mol. The first-order valence-electron chi connectivity index (χ1n) is 8.44. The molecule has 0 N–H and O–H groups in total. The van der Waals surface area contributed by atoms with E-state index in [0.29, 0.717) is 11.7 Å². The lowest BCUT2D eigenvalue weighted by Gasteiger charge is -2.45. The Morgan fingerprint density at radius 3 is 2.91 bits per heavy atom. The number of carbonyl (C=O) groups is 1. The van der Waals surface area contributed by atoms with Crippen LogP contribution in [0.15, 0.2) is 41.3 Å². The minimum Gasteiger partial charge on any atom is -0.298 e. The van der Waals surface area contributed by atoms with Crippen LogP contribution in [0.4, 0.5) is 0 Å². The Morgan fingerprint density at radius 2 is 2.00 bits per heavy atom. The molecule has 3 atom stereocenters. The van der Waals surface area contributed by atoms with Crippen molar-refractivity contribution in [3.8, 4) is 0 Å². The fourth-order valence-corrected chi connectivity index (χ4v) is 7.53. The molecule has 0 radical (unpaired) electrons. The van der Waals surface area contributed by atoms with E-state index in [0.717, 1.165) is 12.8 Å². The molecule has 22 heavy (non-hydrogen) atoms. The van der Waals surface area contributed by atoms with Crippen molar-refractivity contribution in [2.75, 3.05) is 0 Å². The smallest absolute Gasteiger partial charge is 0.150 e. The molecule has 1 nitrogen and oxygen atoms in total. The second-order valence-electron chi connectivity index (χ2n) is 7.30. The van der Waals surface area contributed by atoms with Crippen LogP contribution in [0.1, 0.15) is 44.6 Å². The number of fused-ring (bicyclic) bond motifs is 3. The zero-order valence-electron chi connectivity index (χ0n) is 12.9. The van der Waals surface area contributed by atoms with E-state index in [2.05, 4.69) is 43.3 Å². The van der Waals surface area contributed by atoms with Gasteiger partial charge in [-0.15, -0.1) is 11.8 Å². The van der Waals surface area contributed by atoms with Crippen molar-refractivity contribution in [3.63, 3.8) is 0 Å². The van der Waals surface area contributed by atoms with Crippen molar-refractivity contribution < 1.29 is 4.79 Å². The molecule has 0 amide bonds. The maximum Gasteiger partial charge on any atom is 0.150 e. The lowest BCUT2D eigenvalue weighted by Crippen LogP contribution is -2.53. The van der Waals surface area contributed by atoms with Gasteiger partial charge in [0.1, 0.15) is 5.78 Å². The van der Waals surface area contributed by atoms with Crippen molar-refractivity contribution in [2.24, 2.45) is 5.92 Å². The maximum absolute atomic E-state index is 13.1. The molecule has 2 aromatic carbocycles. The third kappa shape index (κ3) is 1.28. The van der Waals surface area contributed by atoms with Crippen LogP contribution in [-0.2, 0) is 10.2 Å². The predicted octanol–water partition coefficient (Wildman–Crippen LogP) is 5.11. The van der Waals surface area contributed by atoms with E-state index < -0.39 is 0 Å². The van der Waals surface area contributed by atoms with Crippen LogP contribution in [-0.4, -0.2) is 10.5 Å². The average molecular weight is 308 g/mol. The number of ketones is 1. The van der Waals surface area contributed by atoms with Gasteiger partial charge in [-0.1, -0.05) is 37.3 Å². The van der Waals surface area contributed by atoms with Gasteiger partial charge in [0.2, 0.25) is 0 Å². The number of benzene rings is 2. The van der Waals surface area contributed by atoms with Gasteiger partial charge in [0.25, 0.3) is 0 Å². The van der Waals surface area contributed by atoms with E-state index >= 15 is 0 Å². The lowest BCUT2D eigenvalue weighted by atomic mass is 9.61. The molecule has 0 bridgehead atoms. The fraction of sp³-hybridized carbons (Fsp3) is 0.450. The molecule has 2 fully saturated rings. The number of Topliss-reactive ketones (excluding diaryl/α,β-unsaturated/α-hetero) is 1. The van der Waals surface area contributed by atoms with Gasteiger partial charge in [0.15, 0.2) is 0 Å². The molecule has 2 aromatic rings. The van der Waals surface area contributed by atoms with Crippen LogP contribution in [0.5, 0.6) is 0 Å². The summed E-state index contributed by atoms with van der Waals surface area (Å²) >= 11 is 1.91. The van der Waals surface area contributed by atoms with Crippen molar-refractivity contribution in [2.45, 2.75) is 54.1 Å². The molecule has 5 rings (SSSR count). The summed E-state index contributed by atoms with van der Waals surface area (Å²) in [5, 5.41) is 2.71. The molecule has 2 aliphatic carbocycles. The molecule has 3 aliphatic rings. The van der Waals surface area contributed by atoms with E-state index in [1.807, 2.05) is 11.8 Å². The number of hydrogen-bond acceptors (Lipinski definition) is 2. The summed E-state index contributed by atoms with van der Waals surface area (Å²) in [7, 11) is 0. The summed E-state index contributed by atoms with van der Waals surface area (Å²) < 4.78 is -0.169. The highest BCUT2D eigenvalue weighted by Crippen LogP contribution is 2.71. The molecule has 1 heterocycles. The van der Waals surface area contributed by atoms with E-state index in [4.69, 9.17) is 0 Å². The Balaban J connectivity index is 1.89. The minimum absolute atomic E-state index is 0.0998.